The fourth-order valence-corrected chi connectivity index (χ4v) is 2.76. The summed E-state index contributed by atoms with van der Waals surface area (Å²) in [7, 11) is -3.97. The predicted molar refractivity (Wildman–Crippen MR) is 74.6 cm³/mol. The van der Waals surface area contributed by atoms with Crippen LogP contribution in [0.4, 0.5) is 0 Å². The van der Waals surface area contributed by atoms with Gasteiger partial charge in [-0.3, -0.25) is 14.3 Å². The molecule has 0 aliphatic heterocycles. The van der Waals surface area contributed by atoms with E-state index in [4.69, 9.17) is 4.18 Å². The Balaban J connectivity index is 2.85. The molecule has 0 N–H and O–H groups in total. The van der Waals surface area contributed by atoms with E-state index >= 15 is 0 Å². The lowest BCUT2D eigenvalue weighted by Gasteiger charge is -2.14. The first kappa shape index (κ1) is 16.6. The highest BCUT2D eigenvalue weighted by Crippen LogP contribution is 2.17. The van der Waals surface area contributed by atoms with E-state index in [0.29, 0.717) is 0 Å². The van der Waals surface area contributed by atoms with E-state index in [9.17, 15) is 18.5 Å². The van der Waals surface area contributed by atoms with Crippen molar-refractivity contribution in [3.8, 4) is 0 Å². The summed E-state index contributed by atoms with van der Waals surface area (Å²) in [4.78, 5) is 10.1. The van der Waals surface area contributed by atoms with Crippen LogP contribution in [0.3, 0.4) is 0 Å². The van der Waals surface area contributed by atoms with Crippen LogP contribution in [0.2, 0.25) is 0 Å². The highest BCUT2D eigenvalue weighted by molar-refractivity contribution is 7.86. The minimum absolute atomic E-state index is 0.0137. The molecular weight excluding hydrogens is 282 g/mol. The average molecular weight is 301 g/mol. The highest BCUT2D eigenvalue weighted by Gasteiger charge is 2.29. The zero-order valence-corrected chi connectivity index (χ0v) is 12.6. The van der Waals surface area contributed by atoms with Crippen LogP contribution in [0.5, 0.6) is 0 Å². The van der Waals surface area contributed by atoms with Crippen molar-refractivity contribution in [1.29, 1.82) is 0 Å². The molecule has 112 valence electrons. The first-order valence-electron chi connectivity index (χ1n) is 6.43. The van der Waals surface area contributed by atoms with E-state index in [1.54, 1.807) is 12.1 Å². The standard InChI is InChI=1S/C13H19NO5S/c1-4-5-12-6-8-13(9-7-12)20(17,18)19-11(3)10(2)14(15)16/h6-11H,4-5H2,1-3H3. The average Bonchev–Trinajstić information content (AvgIpc) is 2.38. The number of hydrogen-bond donors (Lipinski definition) is 0. The van der Waals surface area contributed by atoms with Gasteiger partial charge >= 0.3 is 0 Å². The van der Waals surface area contributed by atoms with Crippen molar-refractivity contribution in [2.45, 2.75) is 50.7 Å². The Kier molecular flexibility index (Phi) is 5.64. The topological polar surface area (TPSA) is 86.5 Å². The lowest BCUT2D eigenvalue weighted by Crippen LogP contribution is -2.32. The van der Waals surface area contributed by atoms with Gasteiger partial charge in [0.25, 0.3) is 10.1 Å². The van der Waals surface area contributed by atoms with Crippen LogP contribution in [0.1, 0.15) is 32.8 Å². The third kappa shape index (κ3) is 4.28. The summed E-state index contributed by atoms with van der Waals surface area (Å²) < 4.78 is 28.9. The van der Waals surface area contributed by atoms with Crippen LogP contribution in [-0.4, -0.2) is 25.5 Å². The number of nitro groups is 1. The van der Waals surface area contributed by atoms with E-state index in [0.717, 1.165) is 18.4 Å². The predicted octanol–water partition coefficient (Wildman–Crippen LogP) is 2.40. The van der Waals surface area contributed by atoms with Gasteiger partial charge in [-0.25, -0.2) is 0 Å². The van der Waals surface area contributed by atoms with Crippen LogP contribution >= 0.6 is 0 Å². The third-order valence-electron chi connectivity index (χ3n) is 3.04. The van der Waals surface area contributed by atoms with Gasteiger partial charge in [-0.15, -0.1) is 0 Å². The Bertz CT molecular complexity index is 553. The van der Waals surface area contributed by atoms with Crippen molar-refractivity contribution < 1.29 is 17.5 Å². The maximum Gasteiger partial charge on any atom is 0.297 e. The molecule has 2 atom stereocenters. The van der Waals surface area contributed by atoms with Gasteiger partial charge in [0.05, 0.1) is 4.90 Å². The summed E-state index contributed by atoms with van der Waals surface area (Å²) in [5.74, 6) is 0. The number of rotatable bonds is 7. The maximum absolute atomic E-state index is 12.0. The molecule has 7 heteroatoms. The fraction of sp³-hybridized carbons (Fsp3) is 0.538. The molecule has 0 amide bonds. The van der Waals surface area contributed by atoms with Crippen molar-refractivity contribution in [1.82, 2.24) is 0 Å². The molecule has 1 rings (SSSR count). The normalized spacial score (nSPS) is 14.8. The summed E-state index contributed by atoms with van der Waals surface area (Å²) in [6.07, 6.45) is 0.820. The number of aryl methyl sites for hydroxylation is 1. The Morgan fingerprint density at radius 3 is 2.25 bits per heavy atom. The van der Waals surface area contributed by atoms with Crippen molar-refractivity contribution in [2.75, 3.05) is 0 Å². The Morgan fingerprint density at radius 2 is 1.80 bits per heavy atom. The molecule has 0 aromatic heterocycles. The molecule has 0 saturated carbocycles. The van der Waals surface area contributed by atoms with Crippen LogP contribution < -0.4 is 0 Å². The molecule has 0 spiro atoms. The van der Waals surface area contributed by atoms with E-state index in [-0.39, 0.29) is 4.90 Å². The summed E-state index contributed by atoms with van der Waals surface area (Å²) in [6.45, 7) is 4.72. The van der Waals surface area contributed by atoms with Crippen LogP contribution in [0.15, 0.2) is 29.2 Å². The maximum atomic E-state index is 12.0. The minimum Gasteiger partial charge on any atom is -0.264 e. The van der Waals surface area contributed by atoms with Crippen LogP contribution in [-0.2, 0) is 20.7 Å². The quantitative estimate of drug-likeness (QED) is 0.438. The Morgan fingerprint density at radius 1 is 1.25 bits per heavy atom. The first-order chi connectivity index (χ1) is 9.27. The summed E-state index contributed by atoms with van der Waals surface area (Å²) in [5.41, 5.74) is 1.04. The van der Waals surface area contributed by atoms with Gasteiger partial charge < -0.3 is 0 Å². The summed E-state index contributed by atoms with van der Waals surface area (Å²) in [6, 6.07) is 5.28. The van der Waals surface area contributed by atoms with Crippen molar-refractivity contribution in [2.24, 2.45) is 0 Å². The van der Waals surface area contributed by atoms with Gasteiger partial charge in [-0.05, 0) is 31.0 Å². The van der Waals surface area contributed by atoms with Gasteiger partial charge in [-0.2, -0.15) is 8.42 Å². The second-order valence-corrected chi connectivity index (χ2v) is 6.25. The zero-order chi connectivity index (χ0) is 15.3. The van der Waals surface area contributed by atoms with Crippen LogP contribution in [0.25, 0.3) is 0 Å². The molecule has 1 aromatic rings. The molecule has 0 bridgehead atoms. The number of nitrogens with zero attached hydrogens (tertiary/aromatic N) is 1. The Labute approximate surface area is 119 Å². The van der Waals surface area contributed by atoms with Crippen molar-refractivity contribution in [3.63, 3.8) is 0 Å². The second kappa shape index (κ2) is 6.81. The molecule has 6 nitrogen and oxygen atoms in total. The van der Waals surface area contributed by atoms with E-state index in [2.05, 4.69) is 0 Å². The second-order valence-electron chi connectivity index (χ2n) is 4.68. The zero-order valence-electron chi connectivity index (χ0n) is 11.8. The van der Waals surface area contributed by atoms with E-state index in [1.807, 2.05) is 6.92 Å². The van der Waals surface area contributed by atoms with E-state index < -0.39 is 27.2 Å². The molecule has 0 radical (unpaired) electrons. The highest BCUT2D eigenvalue weighted by atomic mass is 32.2. The van der Waals surface area contributed by atoms with Crippen molar-refractivity contribution >= 4 is 10.1 Å². The molecule has 0 heterocycles. The molecule has 1 aromatic carbocycles. The molecule has 0 aliphatic carbocycles. The van der Waals surface area contributed by atoms with Crippen LogP contribution in [0, 0.1) is 10.1 Å². The third-order valence-corrected chi connectivity index (χ3v) is 4.45. The monoisotopic (exact) mass is 301 g/mol. The van der Waals surface area contributed by atoms with Gasteiger partial charge in [-0.1, -0.05) is 25.5 Å². The largest absolute Gasteiger partial charge is 0.297 e. The molecular formula is C13H19NO5S. The molecule has 0 aliphatic rings. The van der Waals surface area contributed by atoms with Gasteiger partial charge in [0, 0.05) is 11.8 Å². The van der Waals surface area contributed by atoms with Crippen molar-refractivity contribution in [3.05, 3.63) is 39.9 Å². The van der Waals surface area contributed by atoms with Gasteiger partial charge in [0.15, 0.2) is 0 Å². The van der Waals surface area contributed by atoms with E-state index in [1.165, 1.54) is 26.0 Å². The SMILES string of the molecule is CCCc1ccc(S(=O)(=O)OC(C)C(C)[N+](=O)[O-])cc1. The fourth-order valence-electron chi connectivity index (χ4n) is 1.62. The summed E-state index contributed by atoms with van der Waals surface area (Å²) >= 11 is 0. The summed E-state index contributed by atoms with van der Waals surface area (Å²) in [5, 5.41) is 10.6. The van der Waals surface area contributed by atoms with Gasteiger partial charge in [0.2, 0.25) is 6.04 Å². The van der Waals surface area contributed by atoms with Gasteiger partial charge in [0.1, 0.15) is 6.10 Å². The molecule has 2 unspecified atom stereocenters. The Hall–Kier alpha value is -1.47. The minimum atomic E-state index is -3.97. The lowest BCUT2D eigenvalue weighted by molar-refractivity contribution is -0.527. The lowest BCUT2D eigenvalue weighted by atomic mass is 10.1. The smallest absolute Gasteiger partial charge is 0.264 e. The number of benzene rings is 1. The molecule has 20 heavy (non-hydrogen) atoms. The molecule has 0 saturated heterocycles. The first-order valence-corrected chi connectivity index (χ1v) is 7.84. The number of hydrogen-bond acceptors (Lipinski definition) is 5. The molecule has 0 fully saturated rings.